The van der Waals surface area contributed by atoms with Crippen molar-refractivity contribution in [2.75, 3.05) is 11.1 Å². The first-order valence-corrected chi connectivity index (χ1v) is 4.66. The number of carbonyl (C=O) groups excluding carboxylic acids is 2. The zero-order valence-corrected chi connectivity index (χ0v) is 7.43. The molecule has 0 saturated heterocycles. The minimum Gasteiger partial charge on any atom is -0.324 e. The van der Waals surface area contributed by atoms with Gasteiger partial charge in [-0.05, 0) is 6.07 Å². The lowest BCUT2D eigenvalue weighted by Crippen LogP contribution is -2.19. The summed E-state index contributed by atoms with van der Waals surface area (Å²) in [6, 6.07) is 1.58. The van der Waals surface area contributed by atoms with E-state index in [9.17, 15) is 9.59 Å². The van der Waals surface area contributed by atoms with E-state index in [1.54, 1.807) is 12.3 Å². The molecule has 1 amide bonds. The van der Waals surface area contributed by atoms with Gasteiger partial charge in [-0.25, -0.2) is 0 Å². The number of carbonyl (C=O) groups is 2. The number of hydrogen-bond donors (Lipinski definition) is 1. The molecule has 0 fully saturated rings. The Labute approximate surface area is 78.7 Å². The predicted molar refractivity (Wildman–Crippen MR) is 49.0 cm³/mol. The number of rotatable bonds is 1. The Morgan fingerprint density at radius 2 is 2.46 bits per heavy atom. The fourth-order valence-electron chi connectivity index (χ4n) is 1.07. The van der Waals surface area contributed by atoms with Crippen LogP contribution < -0.4 is 5.32 Å². The van der Waals surface area contributed by atoms with Gasteiger partial charge in [-0.3, -0.25) is 14.6 Å². The lowest BCUT2D eigenvalue weighted by Gasteiger charge is -2.15. The maximum absolute atomic E-state index is 11.0. The van der Waals surface area contributed by atoms with E-state index in [4.69, 9.17) is 0 Å². The van der Waals surface area contributed by atoms with Crippen LogP contribution in [0.3, 0.4) is 0 Å². The topological polar surface area (TPSA) is 59.1 Å². The molecule has 66 valence electrons. The second kappa shape index (κ2) is 3.18. The summed E-state index contributed by atoms with van der Waals surface area (Å²) in [5.41, 5.74) is 1.01. The SMILES string of the molecule is O=Cc1cc2c(cn1)SCC(=O)N2. The Bertz CT molecular complexity index is 378. The molecule has 0 aliphatic carbocycles. The van der Waals surface area contributed by atoms with Crippen LogP contribution in [0.4, 0.5) is 5.69 Å². The number of thioether (sulfide) groups is 1. The second-order valence-electron chi connectivity index (χ2n) is 2.56. The molecule has 1 aromatic heterocycles. The van der Waals surface area contributed by atoms with Gasteiger partial charge < -0.3 is 5.32 Å². The van der Waals surface area contributed by atoms with E-state index < -0.39 is 0 Å². The molecule has 1 aliphatic heterocycles. The van der Waals surface area contributed by atoms with Crippen molar-refractivity contribution in [1.29, 1.82) is 0 Å². The Kier molecular flexibility index (Phi) is 2.02. The first kappa shape index (κ1) is 8.25. The second-order valence-corrected chi connectivity index (χ2v) is 3.58. The van der Waals surface area contributed by atoms with Crippen molar-refractivity contribution in [3.8, 4) is 0 Å². The van der Waals surface area contributed by atoms with Crippen molar-refractivity contribution in [3.05, 3.63) is 18.0 Å². The largest absolute Gasteiger partial charge is 0.324 e. The molecule has 1 aromatic rings. The maximum atomic E-state index is 11.0. The quantitative estimate of drug-likeness (QED) is 0.676. The third-order valence-electron chi connectivity index (χ3n) is 1.64. The molecule has 0 unspecified atom stereocenters. The summed E-state index contributed by atoms with van der Waals surface area (Å²) in [6.07, 6.45) is 2.26. The summed E-state index contributed by atoms with van der Waals surface area (Å²) < 4.78 is 0. The number of hydrogen-bond acceptors (Lipinski definition) is 4. The molecule has 2 rings (SSSR count). The number of fused-ring (bicyclic) bond motifs is 1. The van der Waals surface area contributed by atoms with Crippen LogP contribution in [0.2, 0.25) is 0 Å². The highest BCUT2D eigenvalue weighted by molar-refractivity contribution is 8.00. The highest BCUT2D eigenvalue weighted by Gasteiger charge is 2.15. The van der Waals surface area contributed by atoms with Crippen molar-refractivity contribution < 1.29 is 9.59 Å². The molecule has 1 N–H and O–H groups in total. The van der Waals surface area contributed by atoms with Gasteiger partial charge in [-0.1, -0.05) is 0 Å². The van der Waals surface area contributed by atoms with Crippen LogP contribution >= 0.6 is 11.8 Å². The van der Waals surface area contributed by atoms with Crippen LogP contribution in [0.1, 0.15) is 10.5 Å². The number of amides is 1. The summed E-state index contributed by atoms with van der Waals surface area (Å²) in [5, 5.41) is 2.68. The molecular formula is C8H6N2O2S. The number of nitrogens with zero attached hydrogens (tertiary/aromatic N) is 1. The molecule has 0 aromatic carbocycles. The van der Waals surface area contributed by atoms with Gasteiger partial charge in [-0.15, -0.1) is 11.8 Å². The molecule has 1 aliphatic rings. The maximum Gasteiger partial charge on any atom is 0.234 e. The van der Waals surface area contributed by atoms with E-state index >= 15 is 0 Å². The molecule has 0 saturated carbocycles. The average Bonchev–Trinajstić information content (AvgIpc) is 2.16. The number of nitrogens with one attached hydrogen (secondary N) is 1. The number of anilines is 1. The van der Waals surface area contributed by atoms with Gasteiger partial charge in [0.2, 0.25) is 5.91 Å². The van der Waals surface area contributed by atoms with Gasteiger partial charge in [-0.2, -0.15) is 0 Å². The third kappa shape index (κ3) is 1.55. The fourth-order valence-corrected chi connectivity index (χ4v) is 1.82. The van der Waals surface area contributed by atoms with Crippen LogP contribution in [-0.2, 0) is 4.79 Å². The summed E-state index contributed by atoms with van der Waals surface area (Å²) in [5.74, 6) is 0.371. The van der Waals surface area contributed by atoms with Crippen LogP contribution in [0, 0.1) is 0 Å². The molecule has 5 heteroatoms. The molecule has 0 spiro atoms. The third-order valence-corrected chi connectivity index (χ3v) is 2.69. The van der Waals surface area contributed by atoms with Gasteiger partial charge >= 0.3 is 0 Å². The van der Waals surface area contributed by atoms with Gasteiger partial charge in [0.15, 0.2) is 6.29 Å². The van der Waals surface area contributed by atoms with Crippen molar-refractivity contribution in [2.24, 2.45) is 0 Å². The first-order chi connectivity index (χ1) is 6.29. The van der Waals surface area contributed by atoms with Crippen LogP contribution in [0.5, 0.6) is 0 Å². The van der Waals surface area contributed by atoms with Crippen LogP contribution in [0.15, 0.2) is 17.2 Å². The van der Waals surface area contributed by atoms with E-state index in [1.807, 2.05) is 0 Å². The van der Waals surface area contributed by atoms with Crippen molar-refractivity contribution in [3.63, 3.8) is 0 Å². The molecule has 2 heterocycles. The van der Waals surface area contributed by atoms with Gasteiger partial charge in [0.1, 0.15) is 5.69 Å². The summed E-state index contributed by atoms with van der Waals surface area (Å²) in [7, 11) is 0. The summed E-state index contributed by atoms with van der Waals surface area (Å²) >= 11 is 1.43. The normalized spacial score (nSPS) is 14.6. The standard InChI is InChI=1S/C8H6N2O2S/c11-3-5-1-6-7(2-9-5)13-4-8(12)10-6/h1-3H,4H2,(H,10,12). The van der Waals surface area contributed by atoms with E-state index in [-0.39, 0.29) is 5.91 Å². The van der Waals surface area contributed by atoms with Crippen LogP contribution in [-0.4, -0.2) is 22.9 Å². The lowest BCUT2D eigenvalue weighted by molar-refractivity contribution is -0.113. The van der Waals surface area contributed by atoms with Crippen LogP contribution in [0.25, 0.3) is 0 Å². The van der Waals surface area contributed by atoms with E-state index in [0.29, 0.717) is 23.4 Å². The van der Waals surface area contributed by atoms with E-state index in [0.717, 1.165) is 4.90 Å². The minimum atomic E-state index is -0.0412. The summed E-state index contributed by atoms with van der Waals surface area (Å²) in [4.78, 5) is 26.2. The molecule has 0 bridgehead atoms. The fraction of sp³-hybridized carbons (Fsp3) is 0.125. The van der Waals surface area contributed by atoms with E-state index in [1.165, 1.54) is 11.8 Å². The molecule has 0 atom stereocenters. The smallest absolute Gasteiger partial charge is 0.234 e. The van der Waals surface area contributed by atoms with Crippen molar-refractivity contribution in [1.82, 2.24) is 4.98 Å². The Hall–Kier alpha value is -1.36. The average molecular weight is 194 g/mol. The Balaban J connectivity index is 2.43. The molecule has 13 heavy (non-hydrogen) atoms. The van der Waals surface area contributed by atoms with Gasteiger partial charge in [0.05, 0.1) is 11.4 Å². The first-order valence-electron chi connectivity index (χ1n) is 3.67. The Morgan fingerprint density at radius 1 is 1.62 bits per heavy atom. The van der Waals surface area contributed by atoms with Crippen molar-refractivity contribution in [2.45, 2.75) is 4.90 Å². The van der Waals surface area contributed by atoms with Gasteiger partial charge in [0, 0.05) is 11.1 Å². The van der Waals surface area contributed by atoms with E-state index in [2.05, 4.69) is 10.3 Å². The number of aldehydes is 1. The zero-order chi connectivity index (χ0) is 9.26. The highest BCUT2D eigenvalue weighted by atomic mass is 32.2. The zero-order valence-electron chi connectivity index (χ0n) is 6.61. The Morgan fingerprint density at radius 3 is 3.23 bits per heavy atom. The van der Waals surface area contributed by atoms with Gasteiger partial charge in [0.25, 0.3) is 0 Å². The molecule has 0 radical (unpaired) electrons. The number of pyridine rings is 1. The number of aromatic nitrogens is 1. The van der Waals surface area contributed by atoms with Crippen molar-refractivity contribution >= 4 is 29.6 Å². The highest BCUT2D eigenvalue weighted by Crippen LogP contribution is 2.30. The monoisotopic (exact) mass is 194 g/mol. The summed E-state index contributed by atoms with van der Waals surface area (Å²) in [6.45, 7) is 0. The molecular weight excluding hydrogens is 188 g/mol. The minimum absolute atomic E-state index is 0.0412. The predicted octanol–water partition coefficient (Wildman–Crippen LogP) is 0.938. The molecule has 4 nitrogen and oxygen atoms in total. The lowest BCUT2D eigenvalue weighted by atomic mass is 10.3.